The molecular formula is C30H31F3N2O5. The van der Waals surface area contributed by atoms with Gasteiger partial charge in [0.25, 0.3) is 0 Å². The number of benzene rings is 2. The van der Waals surface area contributed by atoms with E-state index >= 15 is 0 Å². The standard InChI is InChI=1S/C30H31F3N2O5/c1-17(36)40-29-11-10-20(35(2)25(37)9-6-18-4-7-19(8-5-18)30(31,32)33)16-28(29)12-13-34-24(29)14-21-22(28)15-23(38-3)27-26(21)39-27/h4-9,15,20,24,34H,10-14,16H2,1-3H3/t20-,24-,28-,29-/m1/s1. The molecule has 1 saturated carbocycles. The van der Waals surface area contributed by atoms with Crippen LogP contribution in [0.4, 0.5) is 13.2 Å². The fourth-order valence-electron chi connectivity index (χ4n) is 7.34. The topological polar surface area (TPSA) is 80.4 Å². The number of piperidine rings is 1. The Bertz CT molecular complexity index is 1410. The van der Waals surface area contributed by atoms with E-state index in [2.05, 4.69) is 5.32 Å². The molecule has 212 valence electrons. The maximum absolute atomic E-state index is 13.3. The van der Waals surface area contributed by atoms with Gasteiger partial charge in [-0.2, -0.15) is 13.2 Å². The molecule has 6 rings (SSSR count). The fourth-order valence-corrected chi connectivity index (χ4v) is 7.34. The van der Waals surface area contributed by atoms with Gasteiger partial charge in [-0.25, -0.2) is 0 Å². The number of alkyl halides is 3. The van der Waals surface area contributed by atoms with Crippen molar-refractivity contribution < 1.29 is 37.0 Å². The zero-order valence-electron chi connectivity index (χ0n) is 22.6. The van der Waals surface area contributed by atoms with E-state index in [-0.39, 0.29) is 24.0 Å². The summed E-state index contributed by atoms with van der Waals surface area (Å²) >= 11 is 0. The van der Waals surface area contributed by atoms with E-state index in [0.29, 0.717) is 43.4 Å². The van der Waals surface area contributed by atoms with E-state index in [1.165, 1.54) is 31.2 Å². The molecule has 4 aliphatic rings. The maximum Gasteiger partial charge on any atom is 0.416 e. The minimum Gasteiger partial charge on any atom is -0.493 e. The van der Waals surface area contributed by atoms with E-state index in [4.69, 9.17) is 14.2 Å². The maximum atomic E-state index is 13.3. The van der Waals surface area contributed by atoms with Crippen LogP contribution < -0.4 is 14.8 Å². The van der Waals surface area contributed by atoms with Crippen molar-refractivity contribution in [1.29, 1.82) is 0 Å². The molecule has 1 amide bonds. The molecule has 10 heteroatoms. The molecule has 2 aliphatic heterocycles. The number of nitrogens with one attached hydrogen (secondary N) is 1. The second-order valence-electron chi connectivity index (χ2n) is 11.2. The monoisotopic (exact) mass is 556 g/mol. The van der Waals surface area contributed by atoms with Gasteiger partial charge in [-0.05, 0) is 74.1 Å². The summed E-state index contributed by atoms with van der Waals surface area (Å²) in [5, 5.41) is 3.60. The van der Waals surface area contributed by atoms with Gasteiger partial charge in [0.15, 0.2) is 11.5 Å². The van der Waals surface area contributed by atoms with Crippen LogP contribution in [0.3, 0.4) is 0 Å². The van der Waals surface area contributed by atoms with Crippen LogP contribution in [-0.4, -0.2) is 55.2 Å². The molecule has 2 bridgehead atoms. The zero-order chi connectivity index (χ0) is 28.4. The molecule has 1 saturated heterocycles. The van der Waals surface area contributed by atoms with Crippen LogP contribution in [0.5, 0.6) is 17.2 Å². The predicted molar refractivity (Wildman–Crippen MR) is 140 cm³/mol. The predicted octanol–water partition coefficient (Wildman–Crippen LogP) is 5.00. The second kappa shape index (κ2) is 9.26. The van der Waals surface area contributed by atoms with Gasteiger partial charge < -0.3 is 24.4 Å². The van der Waals surface area contributed by atoms with Crippen molar-refractivity contribution in [2.24, 2.45) is 0 Å². The number of ether oxygens (including phenoxy) is 3. The number of hydrogen-bond acceptors (Lipinski definition) is 6. The van der Waals surface area contributed by atoms with Gasteiger partial charge >= 0.3 is 12.1 Å². The molecule has 2 aromatic rings. The first-order valence-electron chi connectivity index (χ1n) is 13.5. The number of halogens is 3. The Morgan fingerprint density at radius 2 is 1.93 bits per heavy atom. The number of nitrogens with zero attached hydrogens (tertiary/aromatic N) is 1. The molecule has 2 heterocycles. The summed E-state index contributed by atoms with van der Waals surface area (Å²) in [5.74, 6) is 1.67. The molecular weight excluding hydrogens is 525 g/mol. The Morgan fingerprint density at radius 1 is 1.18 bits per heavy atom. The van der Waals surface area contributed by atoms with Crippen molar-refractivity contribution in [3.05, 3.63) is 58.7 Å². The van der Waals surface area contributed by atoms with E-state index in [1.807, 2.05) is 6.07 Å². The third-order valence-electron chi connectivity index (χ3n) is 9.24. The minimum atomic E-state index is -4.41. The van der Waals surface area contributed by atoms with E-state index in [9.17, 15) is 22.8 Å². The zero-order valence-corrected chi connectivity index (χ0v) is 22.6. The van der Waals surface area contributed by atoms with Crippen LogP contribution in [0.15, 0.2) is 36.4 Å². The van der Waals surface area contributed by atoms with Crippen LogP contribution in [-0.2, 0) is 32.3 Å². The quantitative estimate of drug-likeness (QED) is 0.271. The van der Waals surface area contributed by atoms with Crippen LogP contribution in [0.2, 0.25) is 0 Å². The summed E-state index contributed by atoms with van der Waals surface area (Å²) < 4.78 is 56.4. The largest absolute Gasteiger partial charge is 0.493 e. The summed E-state index contributed by atoms with van der Waals surface area (Å²) in [5.41, 5.74) is 0.611. The molecule has 0 radical (unpaired) electrons. The minimum absolute atomic E-state index is 0.0825. The highest BCUT2D eigenvalue weighted by Crippen LogP contribution is 2.65. The normalized spacial score (nSPS) is 28.1. The first kappa shape index (κ1) is 26.7. The SMILES string of the molecule is COc1cc2c(c3c1O3)C[C@H]1NCC[C@@]23C[C@H](N(C)C(=O)C=Cc2ccc(C(F)(F)F)cc2)CC[C@@]13OC(C)=O. The van der Waals surface area contributed by atoms with Crippen molar-refractivity contribution in [3.8, 4) is 17.2 Å². The highest BCUT2D eigenvalue weighted by molar-refractivity contribution is 5.91. The van der Waals surface area contributed by atoms with Gasteiger partial charge in [0.05, 0.1) is 18.7 Å². The van der Waals surface area contributed by atoms with Crippen molar-refractivity contribution in [3.63, 3.8) is 0 Å². The summed E-state index contributed by atoms with van der Waals surface area (Å²) in [6, 6.07) is 6.49. The van der Waals surface area contributed by atoms with E-state index < -0.39 is 22.8 Å². The first-order chi connectivity index (χ1) is 19.0. The van der Waals surface area contributed by atoms with Crippen LogP contribution >= 0.6 is 0 Å². The van der Waals surface area contributed by atoms with Gasteiger partial charge in [-0.3, -0.25) is 9.59 Å². The Labute approximate surface area is 230 Å². The number of hydrogen-bond donors (Lipinski definition) is 1. The lowest BCUT2D eigenvalue weighted by molar-refractivity contribution is -0.192. The lowest BCUT2D eigenvalue weighted by Crippen LogP contribution is -2.74. The molecule has 4 atom stereocenters. The number of fused-ring (bicyclic) bond motifs is 3. The average Bonchev–Trinajstić information content (AvgIpc) is 3.71. The molecule has 0 spiro atoms. The summed E-state index contributed by atoms with van der Waals surface area (Å²) in [6.07, 6.45) is 1.69. The number of methoxy groups -OCH3 is 1. The van der Waals surface area contributed by atoms with Gasteiger partial charge in [-0.1, -0.05) is 12.1 Å². The third-order valence-corrected chi connectivity index (χ3v) is 9.24. The summed E-state index contributed by atoms with van der Waals surface area (Å²) in [6.45, 7) is 2.18. The van der Waals surface area contributed by atoms with Gasteiger partial charge in [0.1, 0.15) is 5.60 Å². The summed E-state index contributed by atoms with van der Waals surface area (Å²) in [4.78, 5) is 27.4. The molecule has 40 heavy (non-hydrogen) atoms. The number of esters is 1. The lowest BCUT2D eigenvalue weighted by atomic mass is 9.49. The Balaban J connectivity index is 1.31. The van der Waals surface area contributed by atoms with Gasteiger partial charge in [0.2, 0.25) is 11.7 Å². The van der Waals surface area contributed by atoms with E-state index in [0.717, 1.165) is 41.3 Å². The van der Waals surface area contributed by atoms with Crippen LogP contribution in [0.25, 0.3) is 6.08 Å². The molecule has 2 aromatic carbocycles. The van der Waals surface area contributed by atoms with Crippen molar-refractivity contribution >= 4 is 18.0 Å². The smallest absolute Gasteiger partial charge is 0.416 e. The molecule has 7 nitrogen and oxygen atoms in total. The van der Waals surface area contributed by atoms with Gasteiger partial charge in [0, 0.05) is 37.1 Å². The Morgan fingerprint density at radius 3 is 2.60 bits per heavy atom. The number of amides is 1. The van der Waals surface area contributed by atoms with Gasteiger partial charge in [-0.15, -0.1) is 0 Å². The number of carbonyl (C=O) groups is 2. The molecule has 0 unspecified atom stereocenters. The fraction of sp³-hybridized carbons (Fsp3) is 0.467. The molecule has 2 aliphatic carbocycles. The second-order valence-corrected chi connectivity index (χ2v) is 11.2. The molecule has 1 N–H and O–H groups in total. The van der Waals surface area contributed by atoms with Crippen molar-refractivity contribution in [1.82, 2.24) is 10.2 Å². The lowest BCUT2D eigenvalue weighted by Gasteiger charge is -2.63. The number of likely N-dealkylation sites (N-methyl/N-ethyl adjacent to an activating group) is 1. The Kier molecular flexibility index (Phi) is 6.18. The van der Waals surface area contributed by atoms with Crippen LogP contribution in [0.1, 0.15) is 54.9 Å². The van der Waals surface area contributed by atoms with Crippen molar-refractivity contribution in [2.45, 2.75) is 68.3 Å². The molecule has 2 fully saturated rings. The number of rotatable bonds is 5. The first-order valence-corrected chi connectivity index (χ1v) is 13.5. The molecule has 0 aromatic heterocycles. The third kappa shape index (κ3) is 4.06. The highest BCUT2D eigenvalue weighted by Gasteiger charge is 2.67. The Hall–Kier alpha value is -3.53. The summed E-state index contributed by atoms with van der Waals surface area (Å²) in [7, 11) is 3.35. The van der Waals surface area contributed by atoms with Crippen LogP contribution in [0, 0.1) is 0 Å². The highest BCUT2D eigenvalue weighted by atomic mass is 19.4. The average molecular weight is 557 g/mol. The number of carbonyl (C=O) groups excluding carboxylic acids is 2. The van der Waals surface area contributed by atoms with E-state index in [1.54, 1.807) is 19.1 Å². The van der Waals surface area contributed by atoms with Crippen molar-refractivity contribution in [2.75, 3.05) is 20.7 Å².